The minimum absolute atomic E-state index is 0.653. The highest BCUT2D eigenvalue weighted by molar-refractivity contribution is 5.75. The number of hydrogen-bond acceptors (Lipinski definition) is 5. The van der Waals surface area contributed by atoms with Crippen LogP contribution in [0.5, 0.6) is 0 Å². The van der Waals surface area contributed by atoms with E-state index >= 15 is 0 Å². The summed E-state index contributed by atoms with van der Waals surface area (Å²) in [5.41, 5.74) is 0.653. The third-order valence-corrected chi connectivity index (χ3v) is 1.80. The molecule has 0 amide bonds. The van der Waals surface area contributed by atoms with Crippen molar-refractivity contribution in [3.8, 4) is 0 Å². The molecule has 0 unspecified atom stereocenters. The monoisotopic (exact) mass is 245 g/mol. The second kappa shape index (κ2) is 8.40. The molecule has 0 bridgehead atoms. The van der Waals surface area contributed by atoms with Gasteiger partial charge in [0.05, 0.1) is 24.3 Å². The molecule has 0 spiro atoms. The molecule has 2 rings (SSSR count). The molecule has 2 aromatic rings. The number of oxime groups is 2. The van der Waals surface area contributed by atoms with Crippen LogP contribution in [0.4, 0.5) is 0 Å². The van der Waals surface area contributed by atoms with E-state index < -0.39 is 0 Å². The van der Waals surface area contributed by atoms with Crippen molar-refractivity contribution in [2.45, 2.75) is 0 Å². The fourth-order valence-corrected chi connectivity index (χ4v) is 1.06. The Balaban J connectivity index is 0.000000180. The molecule has 2 heterocycles. The Morgan fingerprint density at radius 3 is 2.33 bits per heavy atom. The molecule has 0 saturated heterocycles. The lowest BCUT2D eigenvalue weighted by Gasteiger charge is -1.84. The van der Waals surface area contributed by atoms with Crippen LogP contribution in [0.1, 0.15) is 5.69 Å². The van der Waals surface area contributed by atoms with Crippen molar-refractivity contribution in [2.24, 2.45) is 10.3 Å². The van der Waals surface area contributed by atoms with Crippen LogP contribution in [-0.4, -0.2) is 28.0 Å². The molecule has 0 aromatic carbocycles. The van der Waals surface area contributed by atoms with Crippen molar-refractivity contribution >= 4 is 12.6 Å². The van der Waals surface area contributed by atoms with Gasteiger partial charge in [-0.2, -0.15) is 0 Å². The van der Waals surface area contributed by atoms with E-state index in [-0.39, 0.29) is 0 Å². The number of hydrogen-bond donors (Lipinski definition) is 2. The zero-order valence-corrected chi connectivity index (χ0v) is 9.53. The van der Waals surface area contributed by atoms with Gasteiger partial charge in [-0.3, -0.25) is 4.98 Å². The minimum Gasteiger partial charge on any atom is -0.411 e. The standard InChI is InChI=1S/2C6H6N2O/c9-8-5-6-3-1-2-4-7-6;9-7-6-8-4-2-1-3-5-8/h1-5,9H;1-6H/p+1. The van der Waals surface area contributed by atoms with Crippen LogP contribution < -0.4 is 4.57 Å². The lowest BCUT2D eigenvalue weighted by atomic mass is 10.4. The lowest BCUT2D eigenvalue weighted by Crippen LogP contribution is -2.31. The molecule has 0 fully saturated rings. The van der Waals surface area contributed by atoms with Crippen LogP contribution in [0.2, 0.25) is 0 Å². The molecule has 2 N–H and O–H groups in total. The number of rotatable bonds is 2. The summed E-state index contributed by atoms with van der Waals surface area (Å²) in [6.45, 7) is 0. The Kier molecular flexibility index (Phi) is 6.21. The molecule has 0 saturated carbocycles. The van der Waals surface area contributed by atoms with Gasteiger partial charge in [-0.05, 0) is 24.3 Å². The van der Waals surface area contributed by atoms with Crippen LogP contribution >= 0.6 is 0 Å². The van der Waals surface area contributed by atoms with Crippen molar-refractivity contribution in [3.63, 3.8) is 0 Å². The van der Waals surface area contributed by atoms with E-state index in [1.165, 1.54) is 12.6 Å². The predicted molar refractivity (Wildman–Crippen MR) is 65.9 cm³/mol. The Bertz CT molecular complexity index is 438. The predicted octanol–water partition coefficient (Wildman–Crippen LogP) is 1.13. The lowest BCUT2D eigenvalue weighted by molar-refractivity contribution is -0.547. The van der Waals surface area contributed by atoms with Gasteiger partial charge in [0.1, 0.15) is 5.16 Å². The first-order chi connectivity index (χ1) is 8.86. The summed E-state index contributed by atoms with van der Waals surface area (Å²) in [7, 11) is 0. The Morgan fingerprint density at radius 2 is 1.78 bits per heavy atom. The van der Waals surface area contributed by atoms with Gasteiger partial charge in [0.25, 0.3) is 0 Å². The van der Waals surface area contributed by atoms with Gasteiger partial charge < -0.3 is 10.4 Å². The Morgan fingerprint density at radius 1 is 1.00 bits per heavy atom. The van der Waals surface area contributed by atoms with Gasteiger partial charge in [-0.15, -0.1) is 0 Å². The van der Waals surface area contributed by atoms with Crippen molar-refractivity contribution in [1.29, 1.82) is 0 Å². The first-order valence-corrected chi connectivity index (χ1v) is 5.08. The first kappa shape index (κ1) is 13.3. The number of aromatic nitrogens is 2. The highest BCUT2D eigenvalue weighted by Crippen LogP contribution is 1.86. The molecule has 92 valence electrons. The molecule has 6 nitrogen and oxygen atoms in total. The van der Waals surface area contributed by atoms with Crippen molar-refractivity contribution in [2.75, 3.05) is 0 Å². The Labute approximate surface area is 104 Å². The van der Waals surface area contributed by atoms with Crippen molar-refractivity contribution in [1.82, 2.24) is 4.98 Å². The quantitative estimate of drug-likeness (QED) is 0.273. The average molecular weight is 245 g/mol. The molecule has 0 aliphatic rings. The third-order valence-electron chi connectivity index (χ3n) is 1.80. The van der Waals surface area contributed by atoms with Crippen molar-refractivity contribution < 1.29 is 15.0 Å². The SMILES string of the molecule is ON=C[n+]1ccccc1.ON=Cc1ccccn1. The van der Waals surface area contributed by atoms with Crippen LogP contribution in [0.15, 0.2) is 65.3 Å². The van der Waals surface area contributed by atoms with Crippen LogP contribution in [0.25, 0.3) is 0 Å². The maximum Gasteiger partial charge on any atom is 0.338 e. The molecule has 18 heavy (non-hydrogen) atoms. The highest BCUT2D eigenvalue weighted by Gasteiger charge is 1.85. The second-order valence-electron chi connectivity index (χ2n) is 3.05. The number of pyridine rings is 2. The van der Waals surface area contributed by atoms with E-state index in [1.54, 1.807) is 35.3 Å². The summed E-state index contributed by atoms with van der Waals surface area (Å²) in [5.74, 6) is 0. The van der Waals surface area contributed by atoms with E-state index in [9.17, 15) is 0 Å². The van der Waals surface area contributed by atoms with E-state index in [0.717, 1.165) is 0 Å². The van der Waals surface area contributed by atoms with Crippen molar-refractivity contribution in [3.05, 3.63) is 60.7 Å². The zero-order chi connectivity index (χ0) is 13.1. The first-order valence-electron chi connectivity index (χ1n) is 5.08. The van der Waals surface area contributed by atoms with Gasteiger partial charge in [-0.1, -0.05) is 17.3 Å². The average Bonchev–Trinajstić information content (AvgIpc) is 2.43. The summed E-state index contributed by atoms with van der Waals surface area (Å²) >= 11 is 0. The van der Waals surface area contributed by atoms with E-state index in [0.29, 0.717) is 5.69 Å². The van der Waals surface area contributed by atoms with Crippen LogP contribution in [0, 0.1) is 0 Å². The van der Waals surface area contributed by atoms with E-state index in [2.05, 4.69) is 15.3 Å². The van der Waals surface area contributed by atoms with Gasteiger partial charge >= 0.3 is 6.34 Å². The normalized spacial score (nSPS) is 10.2. The molecular formula is C12H13N4O2+. The molecule has 0 aliphatic carbocycles. The fourth-order valence-electron chi connectivity index (χ4n) is 1.06. The van der Waals surface area contributed by atoms with Gasteiger partial charge in [-0.25, -0.2) is 4.57 Å². The number of nitrogens with zero attached hydrogens (tertiary/aromatic N) is 4. The molecular weight excluding hydrogens is 232 g/mol. The van der Waals surface area contributed by atoms with E-state index in [1.807, 2.05) is 24.3 Å². The second-order valence-corrected chi connectivity index (χ2v) is 3.05. The summed E-state index contributed by atoms with van der Waals surface area (Å²) in [6.07, 6.45) is 7.77. The van der Waals surface area contributed by atoms with Crippen LogP contribution in [-0.2, 0) is 0 Å². The third kappa shape index (κ3) is 5.36. The smallest absolute Gasteiger partial charge is 0.338 e. The molecule has 6 heteroatoms. The van der Waals surface area contributed by atoms with Gasteiger partial charge in [0, 0.05) is 6.20 Å². The largest absolute Gasteiger partial charge is 0.411 e. The van der Waals surface area contributed by atoms with Gasteiger partial charge in [0.15, 0.2) is 0 Å². The summed E-state index contributed by atoms with van der Waals surface area (Å²) in [6, 6.07) is 11.0. The molecule has 2 aromatic heterocycles. The summed E-state index contributed by atoms with van der Waals surface area (Å²) in [5, 5.41) is 21.8. The Hall–Kier alpha value is -2.76. The summed E-state index contributed by atoms with van der Waals surface area (Å²) in [4.78, 5) is 3.86. The van der Waals surface area contributed by atoms with Crippen LogP contribution in [0.3, 0.4) is 0 Å². The zero-order valence-electron chi connectivity index (χ0n) is 9.53. The maximum atomic E-state index is 8.07. The molecule has 0 aliphatic heterocycles. The minimum atomic E-state index is 0.653. The molecule has 0 radical (unpaired) electrons. The highest BCUT2D eigenvalue weighted by atomic mass is 16.4. The van der Waals surface area contributed by atoms with E-state index in [4.69, 9.17) is 10.4 Å². The summed E-state index contributed by atoms with van der Waals surface area (Å²) < 4.78 is 1.64. The maximum absolute atomic E-state index is 8.07. The molecule has 0 atom stereocenters. The topological polar surface area (TPSA) is 82.0 Å². The fraction of sp³-hybridized carbons (Fsp3) is 0. The van der Waals surface area contributed by atoms with Gasteiger partial charge in [0.2, 0.25) is 0 Å².